The van der Waals surface area contributed by atoms with E-state index in [1.807, 2.05) is 0 Å². The largest absolute Gasteiger partial charge is 0.492 e. The van der Waals surface area contributed by atoms with Crippen LogP contribution in [0, 0.1) is 0 Å². The van der Waals surface area contributed by atoms with Gasteiger partial charge in [-0.15, -0.1) is 0 Å². The number of halogens is 1. The van der Waals surface area contributed by atoms with Crippen LogP contribution in [-0.2, 0) is 0 Å². The van der Waals surface area contributed by atoms with Crippen molar-refractivity contribution in [3.05, 3.63) is 28.8 Å². The van der Waals surface area contributed by atoms with Gasteiger partial charge in [-0.2, -0.15) is 0 Å². The average Bonchev–Trinajstić information content (AvgIpc) is 2.43. The lowest BCUT2D eigenvalue weighted by molar-refractivity contribution is 0.223. The molecule has 0 aliphatic heterocycles. The quantitative estimate of drug-likeness (QED) is 0.348. The van der Waals surface area contributed by atoms with E-state index in [-0.39, 0.29) is 5.84 Å². The smallest absolute Gasteiger partial charge is 0.171 e. The third-order valence-corrected chi connectivity index (χ3v) is 3.21. The molecule has 0 aliphatic rings. The third kappa shape index (κ3) is 4.61. The molecule has 0 bridgehead atoms. The number of benzene rings is 1. The fourth-order valence-electron chi connectivity index (χ4n) is 1.68. The number of amidine groups is 1. The lowest BCUT2D eigenvalue weighted by atomic mass is 10.2. The van der Waals surface area contributed by atoms with Crippen molar-refractivity contribution in [1.82, 2.24) is 4.90 Å². The second-order valence-corrected chi connectivity index (χ2v) is 4.41. The average molecular weight is 286 g/mol. The first kappa shape index (κ1) is 15.6. The summed E-state index contributed by atoms with van der Waals surface area (Å²) in [7, 11) is 0. The van der Waals surface area contributed by atoms with Gasteiger partial charge in [-0.25, -0.2) is 0 Å². The maximum Gasteiger partial charge on any atom is 0.171 e. The molecule has 1 rings (SSSR count). The van der Waals surface area contributed by atoms with E-state index in [1.165, 1.54) is 0 Å². The van der Waals surface area contributed by atoms with E-state index >= 15 is 0 Å². The van der Waals surface area contributed by atoms with Crippen LogP contribution < -0.4 is 10.5 Å². The molecule has 0 amide bonds. The molecule has 6 heteroatoms. The summed E-state index contributed by atoms with van der Waals surface area (Å²) in [6, 6.07) is 5.09. The standard InChI is InChI=1S/C13H20ClN3O2/c1-3-17(4-2)7-8-19-10-5-6-11(12(14)9-10)13(15)16-18/h5-6,9,18H,3-4,7-8H2,1-2H3,(H2,15,16). The molecule has 0 aromatic heterocycles. The van der Waals surface area contributed by atoms with Crippen molar-refractivity contribution in [1.29, 1.82) is 0 Å². The maximum absolute atomic E-state index is 8.61. The van der Waals surface area contributed by atoms with Crippen molar-refractivity contribution in [2.45, 2.75) is 13.8 Å². The van der Waals surface area contributed by atoms with Crippen LogP contribution in [0.2, 0.25) is 5.02 Å². The molecule has 0 fully saturated rings. The number of oxime groups is 1. The Bertz CT molecular complexity index is 434. The molecule has 3 N–H and O–H groups in total. The molecule has 5 nitrogen and oxygen atoms in total. The minimum atomic E-state index is -0.0142. The zero-order chi connectivity index (χ0) is 14.3. The van der Waals surface area contributed by atoms with Gasteiger partial charge < -0.3 is 20.6 Å². The number of hydrogen-bond donors (Lipinski definition) is 2. The number of nitrogens with two attached hydrogens (primary N) is 1. The highest BCUT2D eigenvalue weighted by atomic mass is 35.5. The molecular weight excluding hydrogens is 266 g/mol. The summed E-state index contributed by atoms with van der Waals surface area (Å²) >= 11 is 6.04. The molecule has 0 heterocycles. The lowest BCUT2D eigenvalue weighted by Gasteiger charge is -2.18. The maximum atomic E-state index is 8.61. The van der Waals surface area contributed by atoms with Gasteiger partial charge in [-0.3, -0.25) is 0 Å². The minimum absolute atomic E-state index is 0.0142. The van der Waals surface area contributed by atoms with Crippen molar-refractivity contribution in [2.75, 3.05) is 26.2 Å². The molecule has 106 valence electrons. The van der Waals surface area contributed by atoms with Crippen LogP contribution >= 0.6 is 11.6 Å². The molecule has 0 aliphatic carbocycles. The summed E-state index contributed by atoms with van der Waals surface area (Å²) in [6.07, 6.45) is 0. The predicted molar refractivity (Wildman–Crippen MR) is 77.2 cm³/mol. The van der Waals surface area contributed by atoms with Crippen LogP contribution in [0.4, 0.5) is 0 Å². The topological polar surface area (TPSA) is 71.1 Å². The molecule has 0 radical (unpaired) electrons. The van der Waals surface area contributed by atoms with Crippen LogP contribution in [0.5, 0.6) is 5.75 Å². The summed E-state index contributed by atoms with van der Waals surface area (Å²) in [4.78, 5) is 2.27. The van der Waals surface area contributed by atoms with Crippen LogP contribution in [0.25, 0.3) is 0 Å². The van der Waals surface area contributed by atoms with Gasteiger partial charge in [0.2, 0.25) is 0 Å². The summed E-state index contributed by atoms with van der Waals surface area (Å²) in [5.74, 6) is 0.659. The molecule has 0 saturated carbocycles. The fraction of sp³-hybridized carbons (Fsp3) is 0.462. The van der Waals surface area contributed by atoms with Gasteiger partial charge in [0.15, 0.2) is 5.84 Å². The van der Waals surface area contributed by atoms with E-state index < -0.39 is 0 Å². The van der Waals surface area contributed by atoms with Gasteiger partial charge in [-0.1, -0.05) is 30.6 Å². The number of nitrogens with zero attached hydrogens (tertiary/aromatic N) is 2. The highest BCUT2D eigenvalue weighted by Gasteiger charge is 2.07. The first-order valence-electron chi connectivity index (χ1n) is 6.24. The normalized spacial score (nSPS) is 11.9. The first-order chi connectivity index (χ1) is 9.12. The third-order valence-electron chi connectivity index (χ3n) is 2.89. The van der Waals surface area contributed by atoms with Crippen molar-refractivity contribution >= 4 is 17.4 Å². The van der Waals surface area contributed by atoms with E-state index in [2.05, 4.69) is 23.9 Å². The molecule has 1 aromatic carbocycles. The number of likely N-dealkylation sites (N-methyl/N-ethyl adjacent to an activating group) is 1. The van der Waals surface area contributed by atoms with Crippen LogP contribution in [0.15, 0.2) is 23.4 Å². The summed E-state index contributed by atoms with van der Waals surface area (Å²) in [5.41, 5.74) is 5.98. The van der Waals surface area contributed by atoms with E-state index in [0.29, 0.717) is 22.9 Å². The zero-order valence-electron chi connectivity index (χ0n) is 11.3. The lowest BCUT2D eigenvalue weighted by Crippen LogP contribution is -2.27. The Morgan fingerprint density at radius 2 is 2.11 bits per heavy atom. The number of hydrogen-bond acceptors (Lipinski definition) is 4. The van der Waals surface area contributed by atoms with Crippen LogP contribution in [-0.4, -0.2) is 42.2 Å². The van der Waals surface area contributed by atoms with Gasteiger partial charge in [0.05, 0.1) is 5.02 Å². The molecule has 0 unspecified atom stereocenters. The van der Waals surface area contributed by atoms with E-state index in [4.69, 9.17) is 27.3 Å². The summed E-state index contributed by atoms with van der Waals surface area (Å²) in [6.45, 7) is 7.71. The van der Waals surface area contributed by atoms with Gasteiger partial charge in [-0.05, 0) is 31.3 Å². The first-order valence-corrected chi connectivity index (χ1v) is 6.62. The number of ether oxygens (including phenoxy) is 1. The highest BCUT2D eigenvalue weighted by Crippen LogP contribution is 2.22. The van der Waals surface area contributed by atoms with E-state index in [9.17, 15) is 0 Å². The second kappa shape index (κ2) is 7.86. The van der Waals surface area contributed by atoms with Crippen molar-refractivity contribution in [2.24, 2.45) is 10.9 Å². The monoisotopic (exact) mass is 285 g/mol. The Kier molecular flexibility index (Phi) is 6.45. The Balaban J connectivity index is 2.59. The highest BCUT2D eigenvalue weighted by molar-refractivity contribution is 6.34. The van der Waals surface area contributed by atoms with Crippen LogP contribution in [0.3, 0.4) is 0 Å². The molecule has 1 aromatic rings. The molecule has 0 atom stereocenters. The van der Waals surface area contributed by atoms with Gasteiger partial charge in [0.25, 0.3) is 0 Å². The predicted octanol–water partition coefficient (Wildman–Crippen LogP) is 2.16. The van der Waals surface area contributed by atoms with Crippen molar-refractivity contribution < 1.29 is 9.94 Å². The number of rotatable bonds is 7. The summed E-state index contributed by atoms with van der Waals surface area (Å²) in [5, 5.41) is 11.9. The van der Waals surface area contributed by atoms with Crippen LogP contribution in [0.1, 0.15) is 19.4 Å². The van der Waals surface area contributed by atoms with E-state index in [0.717, 1.165) is 19.6 Å². The van der Waals surface area contributed by atoms with Gasteiger partial charge in [0, 0.05) is 12.1 Å². The van der Waals surface area contributed by atoms with Gasteiger partial charge >= 0.3 is 0 Å². The Morgan fingerprint density at radius 1 is 1.42 bits per heavy atom. The summed E-state index contributed by atoms with van der Waals surface area (Å²) < 4.78 is 5.62. The Labute approximate surface area is 118 Å². The van der Waals surface area contributed by atoms with E-state index in [1.54, 1.807) is 18.2 Å². The van der Waals surface area contributed by atoms with Gasteiger partial charge in [0.1, 0.15) is 12.4 Å². The van der Waals surface area contributed by atoms with Crippen molar-refractivity contribution in [3.8, 4) is 5.75 Å². The Morgan fingerprint density at radius 3 is 2.63 bits per heavy atom. The SMILES string of the molecule is CCN(CC)CCOc1ccc(C(N)=NO)c(Cl)c1. The fourth-order valence-corrected chi connectivity index (χ4v) is 1.95. The second-order valence-electron chi connectivity index (χ2n) is 4.00. The zero-order valence-corrected chi connectivity index (χ0v) is 12.0. The molecular formula is C13H20ClN3O2. The molecule has 0 spiro atoms. The molecule has 19 heavy (non-hydrogen) atoms. The minimum Gasteiger partial charge on any atom is -0.492 e. The molecule has 0 saturated heterocycles. The Hall–Kier alpha value is -1.46. The van der Waals surface area contributed by atoms with Crippen molar-refractivity contribution in [3.63, 3.8) is 0 Å².